The lowest BCUT2D eigenvalue weighted by Gasteiger charge is -2.02. The van der Waals surface area contributed by atoms with Crippen molar-refractivity contribution in [1.82, 2.24) is 9.97 Å². The topological polar surface area (TPSA) is 106 Å². The van der Waals surface area contributed by atoms with Gasteiger partial charge in [-0.1, -0.05) is 11.8 Å². The number of hydrogen-bond acceptors (Lipinski definition) is 8. The third-order valence-electron chi connectivity index (χ3n) is 2.18. The Kier molecular flexibility index (Phi) is 4.31. The van der Waals surface area contributed by atoms with Gasteiger partial charge in [-0.05, 0) is 19.2 Å². The molecule has 0 fully saturated rings. The molecule has 9 heteroatoms. The van der Waals surface area contributed by atoms with Gasteiger partial charge in [-0.15, -0.1) is 0 Å². The molecule has 104 valence electrons. The number of nitrogens with one attached hydrogen (secondary N) is 1. The molecule has 0 aliphatic rings. The van der Waals surface area contributed by atoms with Crippen molar-refractivity contribution in [3.63, 3.8) is 0 Å². The Bertz CT molecular complexity index is 655. The summed E-state index contributed by atoms with van der Waals surface area (Å²) in [5, 5.41) is 15.0. The van der Waals surface area contributed by atoms with Crippen molar-refractivity contribution in [2.45, 2.75) is 12.1 Å². The molecule has 8 nitrogen and oxygen atoms in total. The van der Waals surface area contributed by atoms with E-state index < -0.39 is 4.92 Å². The van der Waals surface area contributed by atoms with Crippen molar-refractivity contribution in [2.75, 3.05) is 11.7 Å². The molecule has 0 saturated carbocycles. The molecule has 0 radical (unpaired) electrons. The minimum atomic E-state index is -0.608. The van der Waals surface area contributed by atoms with E-state index in [1.807, 2.05) is 13.2 Å². The van der Waals surface area contributed by atoms with Crippen LogP contribution in [0.4, 0.5) is 11.7 Å². The molecular formula is C11H11N5O3S. The first-order chi connectivity index (χ1) is 9.58. The van der Waals surface area contributed by atoms with Crippen LogP contribution in [0.5, 0.6) is 0 Å². The van der Waals surface area contributed by atoms with Crippen molar-refractivity contribution in [3.05, 3.63) is 39.8 Å². The molecule has 0 amide bonds. The maximum absolute atomic E-state index is 10.4. The van der Waals surface area contributed by atoms with E-state index in [4.69, 9.17) is 4.42 Å². The summed E-state index contributed by atoms with van der Waals surface area (Å²) in [7, 11) is 0. The number of nitro groups is 1. The summed E-state index contributed by atoms with van der Waals surface area (Å²) in [4.78, 5) is 18.3. The highest BCUT2D eigenvalue weighted by Crippen LogP contribution is 2.15. The fraction of sp³-hybridized carbons (Fsp3) is 0.182. The maximum atomic E-state index is 10.4. The van der Waals surface area contributed by atoms with Crippen LogP contribution in [0.3, 0.4) is 0 Å². The average molecular weight is 293 g/mol. The predicted molar refractivity (Wildman–Crippen MR) is 75.1 cm³/mol. The molecule has 0 aromatic carbocycles. The van der Waals surface area contributed by atoms with E-state index >= 15 is 0 Å². The van der Waals surface area contributed by atoms with Gasteiger partial charge in [0, 0.05) is 11.8 Å². The first kappa shape index (κ1) is 14.0. The molecule has 0 atom stereocenters. The zero-order chi connectivity index (χ0) is 14.5. The first-order valence-electron chi connectivity index (χ1n) is 5.51. The summed E-state index contributed by atoms with van der Waals surface area (Å²) in [6.07, 6.45) is 3.22. The largest absolute Gasteiger partial charge is 0.433 e. The second-order valence-electron chi connectivity index (χ2n) is 3.68. The summed E-state index contributed by atoms with van der Waals surface area (Å²) in [5.41, 5.74) is 3.54. The number of nitrogens with zero attached hydrogens (tertiary/aromatic N) is 4. The van der Waals surface area contributed by atoms with Crippen LogP contribution in [-0.2, 0) is 0 Å². The highest BCUT2D eigenvalue weighted by molar-refractivity contribution is 7.98. The van der Waals surface area contributed by atoms with Gasteiger partial charge in [-0.3, -0.25) is 15.5 Å². The summed E-state index contributed by atoms with van der Waals surface area (Å²) < 4.78 is 4.93. The number of anilines is 1. The normalized spacial score (nSPS) is 10.9. The van der Waals surface area contributed by atoms with E-state index in [9.17, 15) is 10.1 Å². The monoisotopic (exact) mass is 293 g/mol. The van der Waals surface area contributed by atoms with Crippen LogP contribution in [0.25, 0.3) is 0 Å². The fourth-order valence-corrected chi connectivity index (χ4v) is 1.79. The van der Waals surface area contributed by atoms with Crippen LogP contribution in [0, 0.1) is 17.0 Å². The highest BCUT2D eigenvalue weighted by Gasteiger charge is 2.10. The Morgan fingerprint density at radius 3 is 2.95 bits per heavy atom. The SMILES string of the molecule is CSc1nc(C)cc(N/N=C\c2ccc([N+](=O)[O-])o2)n1. The molecule has 1 N–H and O–H groups in total. The molecule has 2 rings (SSSR count). The molecule has 0 spiro atoms. The number of aromatic nitrogens is 2. The Morgan fingerprint density at radius 1 is 1.50 bits per heavy atom. The number of aryl methyl sites for hydroxylation is 1. The van der Waals surface area contributed by atoms with Crippen LogP contribution in [0.2, 0.25) is 0 Å². The lowest BCUT2D eigenvalue weighted by Crippen LogP contribution is -1.97. The van der Waals surface area contributed by atoms with Crippen molar-refractivity contribution in [2.24, 2.45) is 5.10 Å². The molecule has 20 heavy (non-hydrogen) atoms. The van der Waals surface area contributed by atoms with Gasteiger partial charge in [0.15, 0.2) is 16.7 Å². The summed E-state index contributed by atoms with van der Waals surface area (Å²) in [6.45, 7) is 1.85. The van der Waals surface area contributed by atoms with Crippen molar-refractivity contribution in [1.29, 1.82) is 0 Å². The molecular weight excluding hydrogens is 282 g/mol. The lowest BCUT2D eigenvalue weighted by molar-refractivity contribution is -0.402. The van der Waals surface area contributed by atoms with Crippen LogP contribution in [-0.4, -0.2) is 27.4 Å². The Morgan fingerprint density at radius 2 is 2.30 bits per heavy atom. The fourth-order valence-electron chi connectivity index (χ4n) is 1.36. The molecule has 0 aliphatic carbocycles. The Labute approximate surface area is 118 Å². The maximum Gasteiger partial charge on any atom is 0.433 e. The molecule has 0 unspecified atom stereocenters. The second-order valence-corrected chi connectivity index (χ2v) is 4.46. The second kappa shape index (κ2) is 6.15. The number of hydrazone groups is 1. The van der Waals surface area contributed by atoms with Gasteiger partial charge in [-0.2, -0.15) is 5.10 Å². The van der Waals surface area contributed by atoms with E-state index in [1.165, 1.54) is 30.1 Å². The van der Waals surface area contributed by atoms with Crippen LogP contribution < -0.4 is 5.43 Å². The van der Waals surface area contributed by atoms with Crippen LogP contribution in [0.15, 0.2) is 32.9 Å². The number of hydrogen-bond donors (Lipinski definition) is 1. The standard InChI is InChI=1S/C11H11N5O3S/c1-7-5-9(14-11(13-7)20-2)15-12-6-8-3-4-10(19-8)16(17)18/h3-6H,1-2H3,(H,13,14,15)/b12-6-. The van der Waals surface area contributed by atoms with Gasteiger partial charge >= 0.3 is 5.88 Å². The van der Waals surface area contributed by atoms with Crippen LogP contribution in [0.1, 0.15) is 11.5 Å². The summed E-state index contributed by atoms with van der Waals surface area (Å²) in [6, 6.07) is 4.46. The Balaban J connectivity index is 2.05. The molecule has 2 aromatic heterocycles. The van der Waals surface area contributed by atoms with Crippen LogP contribution >= 0.6 is 11.8 Å². The van der Waals surface area contributed by atoms with Gasteiger partial charge in [-0.25, -0.2) is 9.97 Å². The third-order valence-corrected chi connectivity index (χ3v) is 2.73. The molecule has 2 aromatic rings. The van der Waals surface area contributed by atoms with E-state index in [0.29, 0.717) is 11.0 Å². The number of furan rings is 1. The minimum Gasteiger partial charge on any atom is -0.400 e. The van der Waals surface area contributed by atoms with Crippen molar-refractivity contribution >= 4 is 29.7 Å². The molecule has 0 aliphatic heterocycles. The minimum absolute atomic E-state index is 0.278. The Hall–Kier alpha value is -2.42. The zero-order valence-corrected chi connectivity index (χ0v) is 11.5. The summed E-state index contributed by atoms with van der Waals surface area (Å²) in [5.74, 6) is 0.494. The smallest absolute Gasteiger partial charge is 0.400 e. The quantitative estimate of drug-likeness (QED) is 0.296. The predicted octanol–water partition coefficient (Wildman–Crippen LogP) is 2.45. The lowest BCUT2D eigenvalue weighted by atomic mass is 10.4. The molecule has 0 bridgehead atoms. The molecule has 2 heterocycles. The summed E-state index contributed by atoms with van der Waals surface area (Å²) >= 11 is 1.43. The van der Waals surface area contributed by atoms with Gasteiger partial charge in [0.2, 0.25) is 0 Å². The van der Waals surface area contributed by atoms with E-state index in [-0.39, 0.29) is 11.6 Å². The van der Waals surface area contributed by atoms with Gasteiger partial charge in [0.25, 0.3) is 0 Å². The average Bonchev–Trinajstić information content (AvgIpc) is 2.87. The van der Waals surface area contributed by atoms with Gasteiger partial charge < -0.3 is 4.42 Å². The van der Waals surface area contributed by atoms with Crippen molar-refractivity contribution < 1.29 is 9.34 Å². The number of thioether (sulfide) groups is 1. The van der Waals surface area contributed by atoms with Crippen molar-refractivity contribution in [3.8, 4) is 0 Å². The third kappa shape index (κ3) is 3.54. The van der Waals surface area contributed by atoms with E-state index in [2.05, 4.69) is 20.5 Å². The first-order valence-corrected chi connectivity index (χ1v) is 6.74. The van der Waals surface area contributed by atoms with Gasteiger partial charge in [0.1, 0.15) is 4.92 Å². The zero-order valence-electron chi connectivity index (χ0n) is 10.7. The molecule has 0 saturated heterocycles. The van der Waals surface area contributed by atoms with E-state index in [1.54, 1.807) is 6.07 Å². The number of rotatable bonds is 5. The van der Waals surface area contributed by atoms with Gasteiger partial charge in [0.05, 0.1) is 12.3 Å². The highest BCUT2D eigenvalue weighted by atomic mass is 32.2. The van der Waals surface area contributed by atoms with E-state index in [0.717, 1.165) is 5.69 Å².